The van der Waals surface area contributed by atoms with Crippen LogP contribution in [-0.4, -0.2) is 16.9 Å². The summed E-state index contributed by atoms with van der Waals surface area (Å²) in [6.07, 6.45) is 5.35. The van der Waals surface area contributed by atoms with E-state index in [4.69, 9.17) is 12.2 Å². The van der Waals surface area contributed by atoms with Gasteiger partial charge in [0.1, 0.15) is 0 Å². The van der Waals surface area contributed by atoms with E-state index in [0.29, 0.717) is 11.3 Å². The van der Waals surface area contributed by atoms with Crippen LogP contribution in [0.1, 0.15) is 42.5 Å². The number of hydrogen-bond acceptors (Lipinski definition) is 3. The Morgan fingerprint density at radius 1 is 0.786 bits per heavy atom. The van der Waals surface area contributed by atoms with Crippen LogP contribution in [0.4, 0.5) is 11.4 Å². The molecule has 1 saturated carbocycles. The Morgan fingerprint density at radius 3 is 2.11 bits per heavy atom. The van der Waals surface area contributed by atoms with Crippen LogP contribution < -0.4 is 21.5 Å². The Morgan fingerprint density at radius 2 is 1.43 bits per heavy atom. The lowest BCUT2D eigenvalue weighted by molar-refractivity contribution is -0.120. The zero-order valence-electron chi connectivity index (χ0n) is 15.5. The number of carbonyl (C=O) groups is 2. The van der Waals surface area contributed by atoms with Crippen molar-refractivity contribution in [3.05, 3.63) is 60.2 Å². The molecule has 4 N–H and O–H groups in total. The minimum absolute atomic E-state index is 0.0657. The number of hydrogen-bond donors (Lipinski definition) is 4. The monoisotopic (exact) mass is 396 g/mol. The molecule has 1 fully saturated rings. The maximum atomic E-state index is 12.3. The van der Waals surface area contributed by atoms with Gasteiger partial charge < -0.3 is 10.6 Å². The van der Waals surface area contributed by atoms with Gasteiger partial charge in [-0.3, -0.25) is 20.4 Å². The number of amides is 2. The zero-order chi connectivity index (χ0) is 19.8. The van der Waals surface area contributed by atoms with Gasteiger partial charge in [0.2, 0.25) is 5.91 Å². The number of nitrogens with one attached hydrogen (secondary N) is 4. The fraction of sp³-hybridized carbons (Fsp3) is 0.286. The number of benzene rings is 2. The van der Waals surface area contributed by atoms with Crippen molar-refractivity contribution >= 4 is 40.5 Å². The Labute approximate surface area is 170 Å². The van der Waals surface area contributed by atoms with Crippen LogP contribution in [0.15, 0.2) is 54.6 Å². The van der Waals surface area contributed by atoms with Gasteiger partial charge in [-0.25, -0.2) is 0 Å². The van der Waals surface area contributed by atoms with E-state index in [0.717, 1.165) is 31.4 Å². The molecule has 0 bridgehead atoms. The summed E-state index contributed by atoms with van der Waals surface area (Å²) in [5.41, 5.74) is 7.21. The lowest BCUT2D eigenvalue weighted by Crippen LogP contribution is -2.43. The third-order valence-corrected chi connectivity index (χ3v) is 4.92. The van der Waals surface area contributed by atoms with E-state index in [1.165, 1.54) is 6.42 Å². The molecule has 0 atom stereocenters. The third-order valence-electron chi connectivity index (χ3n) is 4.71. The maximum absolute atomic E-state index is 12.3. The molecule has 0 spiro atoms. The van der Waals surface area contributed by atoms with Crippen LogP contribution in [0.5, 0.6) is 0 Å². The molecule has 0 heterocycles. The van der Waals surface area contributed by atoms with Gasteiger partial charge in [-0.2, -0.15) is 0 Å². The average molecular weight is 397 g/mol. The van der Waals surface area contributed by atoms with Gasteiger partial charge in [-0.05, 0) is 61.5 Å². The highest BCUT2D eigenvalue weighted by atomic mass is 32.1. The van der Waals surface area contributed by atoms with Crippen molar-refractivity contribution in [3.63, 3.8) is 0 Å². The van der Waals surface area contributed by atoms with Crippen molar-refractivity contribution in [1.82, 2.24) is 10.9 Å². The first-order chi connectivity index (χ1) is 13.6. The molecular weight excluding hydrogens is 372 g/mol. The topological polar surface area (TPSA) is 82.3 Å². The van der Waals surface area contributed by atoms with E-state index in [-0.39, 0.29) is 22.8 Å². The van der Waals surface area contributed by atoms with E-state index < -0.39 is 0 Å². The second-order valence-corrected chi connectivity index (χ2v) is 7.21. The van der Waals surface area contributed by atoms with Crippen LogP contribution in [0.25, 0.3) is 0 Å². The van der Waals surface area contributed by atoms with Crippen molar-refractivity contribution in [1.29, 1.82) is 0 Å². The number of rotatable bonds is 4. The molecule has 0 aliphatic heterocycles. The first-order valence-corrected chi connectivity index (χ1v) is 9.86. The molecule has 7 heteroatoms. The van der Waals surface area contributed by atoms with E-state index in [9.17, 15) is 9.59 Å². The molecule has 0 unspecified atom stereocenters. The molecule has 0 radical (unpaired) electrons. The zero-order valence-corrected chi connectivity index (χ0v) is 16.4. The maximum Gasteiger partial charge on any atom is 0.269 e. The molecule has 0 saturated heterocycles. The minimum atomic E-state index is -0.317. The summed E-state index contributed by atoms with van der Waals surface area (Å²) in [7, 11) is 0. The molecule has 28 heavy (non-hydrogen) atoms. The third kappa shape index (κ3) is 5.79. The highest BCUT2D eigenvalue weighted by molar-refractivity contribution is 7.80. The normalized spacial score (nSPS) is 14.0. The van der Waals surface area contributed by atoms with Crippen LogP contribution in [0.3, 0.4) is 0 Å². The lowest BCUT2D eigenvalue weighted by Gasteiger charge is -2.20. The second-order valence-electron chi connectivity index (χ2n) is 6.80. The number of carbonyl (C=O) groups excluding carboxylic acids is 2. The molecule has 1 aliphatic rings. The summed E-state index contributed by atoms with van der Waals surface area (Å²) < 4.78 is 0. The predicted octanol–water partition coefficient (Wildman–Crippen LogP) is 3.84. The highest BCUT2D eigenvalue weighted by Gasteiger charge is 2.21. The van der Waals surface area contributed by atoms with E-state index in [1.807, 2.05) is 30.3 Å². The molecule has 2 amide bonds. The summed E-state index contributed by atoms with van der Waals surface area (Å²) in [4.78, 5) is 24.5. The van der Waals surface area contributed by atoms with Crippen molar-refractivity contribution in [3.8, 4) is 0 Å². The van der Waals surface area contributed by atoms with Gasteiger partial charge in [0, 0.05) is 22.9 Å². The molecule has 2 aromatic carbocycles. The molecule has 146 valence electrons. The van der Waals surface area contributed by atoms with Crippen LogP contribution in [0.2, 0.25) is 0 Å². The summed E-state index contributed by atoms with van der Waals surface area (Å²) in [5.74, 6) is -0.155. The Balaban J connectivity index is 1.46. The number of thiocarbonyl (C=S) groups is 1. The molecule has 3 rings (SSSR count). The Bertz CT molecular complexity index is 818. The van der Waals surface area contributed by atoms with Gasteiger partial charge in [-0.15, -0.1) is 0 Å². The minimum Gasteiger partial charge on any atom is -0.331 e. The fourth-order valence-electron chi connectivity index (χ4n) is 3.18. The summed E-state index contributed by atoms with van der Waals surface area (Å²) in [5, 5.41) is 6.19. The van der Waals surface area contributed by atoms with Crippen molar-refractivity contribution < 1.29 is 9.59 Å². The highest BCUT2D eigenvalue weighted by Crippen LogP contribution is 2.25. The number of anilines is 2. The Hall–Kier alpha value is -2.93. The van der Waals surface area contributed by atoms with Gasteiger partial charge in [-0.1, -0.05) is 37.5 Å². The predicted molar refractivity (Wildman–Crippen MR) is 115 cm³/mol. The average Bonchev–Trinajstić information content (AvgIpc) is 2.74. The molecule has 6 nitrogen and oxygen atoms in total. The molecule has 0 aromatic heterocycles. The molecule has 2 aromatic rings. The van der Waals surface area contributed by atoms with E-state index in [2.05, 4.69) is 21.5 Å². The summed E-state index contributed by atoms with van der Waals surface area (Å²) in [6, 6.07) is 16.2. The van der Waals surface area contributed by atoms with Crippen LogP contribution in [0, 0.1) is 5.92 Å². The van der Waals surface area contributed by atoms with E-state index >= 15 is 0 Å². The smallest absolute Gasteiger partial charge is 0.269 e. The lowest BCUT2D eigenvalue weighted by atomic mass is 9.88. The number of hydrazine groups is 1. The van der Waals surface area contributed by atoms with Crippen molar-refractivity contribution in [2.24, 2.45) is 5.92 Å². The van der Waals surface area contributed by atoms with Gasteiger partial charge in [0.15, 0.2) is 5.11 Å². The van der Waals surface area contributed by atoms with E-state index in [1.54, 1.807) is 24.3 Å². The summed E-state index contributed by atoms with van der Waals surface area (Å²) >= 11 is 5.15. The molecular formula is C21H24N4O2S. The van der Waals surface area contributed by atoms with Crippen LogP contribution >= 0.6 is 12.2 Å². The summed E-state index contributed by atoms with van der Waals surface area (Å²) in [6.45, 7) is 0. The first-order valence-electron chi connectivity index (χ1n) is 9.45. The largest absolute Gasteiger partial charge is 0.331 e. The van der Waals surface area contributed by atoms with Gasteiger partial charge in [0.25, 0.3) is 5.91 Å². The SMILES string of the molecule is O=C(NNC(=S)Nc1ccccc1)c1ccc(NC(=O)C2CCCCC2)cc1. The standard InChI is InChI=1S/C21H24N4O2S/c26-19(15-7-3-1-4-8-15)22-18-13-11-16(12-14-18)20(27)24-25-21(28)23-17-9-5-2-6-10-17/h2,5-6,9-15H,1,3-4,7-8H2,(H,22,26)(H,24,27)(H2,23,25,28). The number of para-hydroxylation sites is 1. The second kappa shape index (κ2) is 9.85. The first kappa shape index (κ1) is 19.8. The van der Waals surface area contributed by atoms with Crippen molar-refractivity contribution in [2.75, 3.05) is 10.6 Å². The quantitative estimate of drug-likeness (QED) is 0.466. The Kier molecular flexibility index (Phi) is 6.97. The van der Waals surface area contributed by atoms with Gasteiger partial charge >= 0.3 is 0 Å². The van der Waals surface area contributed by atoms with Crippen LogP contribution in [-0.2, 0) is 4.79 Å². The van der Waals surface area contributed by atoms with Crippen molar-refractivity contribution in [2.45, 2.75) is 32.1 Å². The molecule has 1 aliphatic carbocycles. The van der Waals surface area contributed by atoms with Gasteiger partial charge in [0.05, 0.1) is 0 Å². The fourth-order valence-corrected chi connectivity index (χ4v) is 3.35.